The van der Waals surface area contributed by atoms with Crippen molar-refractivity contribution in [3.8, 4) is 5.75 Å². The third kappa shape index (κ3) is 3.73. The Hall–Kier alpha value is -0.620. The van der Waals surface area contributed by atoms with Gasteiger partial charge in [-0.2, -0.15) is 0 Å². The lowest BCUT2D eigenvalue weighted by atomic mass is 10.0. The molecule has 20 heavy (non-hydrogen) atoms. The van der Waals surface area contributed by atoms with Gasteiger partial charge in [0.25, 0.3) is 0 Å². The first-order chi connectivity index (χ1) is 9.65. The number of halogens is 1. The van der Waals surface area contributed by atoms with Gasteiger partial charge < -0.3 is 15.4 Å². The van der Waals surface area contributed by atoms with Crippen LogP contribution in [0.15, 0.2) is 22.7 Å². The van der Waals surface area contributed by atoms with Gasteiger partial charge in [-0.3, -0.25) is 4.90 Å². The fourth-order valence-corrected chi connectivity index (χ4v) is 3.27. The van der Waals surface area contributed by atoms with Crippen LogP contribution in [0.5, 0.6) is 5.75 Å². The van der Waals surface area contributed by atoms with Gasteiger partial charge in [-0.25, -0.2) is 0 Å². The monoisotopic (exact) mass is 341 g/mol. The first-order valence-corrected chi connectivity index (χ1v) is 7.91. The summed E-state index contributed by atoms with van der Waals surface area (Å²) in [7, 11) is 3.88. The topological polar surface area (TPSA) is 41.7 Å². The fraction of sp³-hybridized carbons (Fsp3) is 0.600. The maximum Gasteiger partial charge on any atom is 0.119 e. The Bertz CT molecular complexity index is 441. The smallest absolute Gasteiger partial charge is 0.119 e. The summed E-state index contributed by atoms with van der Waals surface area (Å²) in [6.07, 6.45) is 1.19. The second-order valence-electron chi connectivity index (χ2n) is 5.33. The van der Waals surface area contributed by atoms with Gasteiger partial charge in [-0.1, -0.05) is 15.9 Å². The molecule has 5 heteroatoms. The Morgan fingerprint density at radius 1 is 1.30 bits per heavy atom. The second-order valence-corrected chi connectivity index (χ2v) is 6.19. The van der Waals surface area contributed by atoms with Gasteiger partial charge in [-0.05, 0) is 43.8 Å². The Kier molecular flexibility index (Phi) is 5.84. The third-order valence-electron chi connectivity index (χ3n) is 3.98. The van der Waals surface area contributed by atoms with E-state index < -0.39 is 0 Å². The van der Waals surface area contributed by atoms with E-state index in [1.54, 1.807) is 7.11 Å². The molecule has 1 unspecified atom stereocenters. The molecule has 4 nitrogen and oxygen atoms in total. The van der Waals surface area contributed by atoms with E-state index in [2.05, 4.69) is 38.8 Å². The number of nitrogens with zero attached hydrogens (tertiary/aromatic N) is 2. The molecule has 1 aliphatic rings. The summed E-state index contributed by atoms with van der Waals surface area (Å²) in [5.74, 6) is 0.883. The molecule has 0 spiro atoms. The largest absolute Gasteiger partial charge is 0.497 e. The number of ether oxygens (including phenoxy) is 1. The SMILES string of the molecule is COc1ccc(Br)c(C(CN)N2CCCN(C)CC2)c1. The van der Waals surface area contributed by atoms with Crippen molar-refractivity contribution in [2.45, 2.75) is 12.5 Å². The molecule has 1 heterocycles. The van der Waals surface area contributed by atoms with Gasteiger partial charge in [-0.15, -0.1) is 0 Å². The summed E-state index contributed by atoms with van der Waals surface area (Å²) in [6, 6.07) is 6.35. The van der Waals surface area contributed by atoms with E-state index in [1.807, 2.05) is 12.1 Å². The molecular weight excluding hydrogens is 318 g/mol. The number of rotatable bonds is 4. The summed E-state index contributed by atoms with van der Waals surface area (Å²) in [5.41, 5.74) is 7.28. The molecule has 0 saturated carbocycles. The Labute approximate surface area is 130 Å². The van der Waals surface area contributed by atoms with Gasteiger partial charge in [0, 0.05) is 36.7 Å². The molecule has 0 amide bonds. The van der Waals surface area contributed by atoms with Crippen LogP contribution in [0.3, 0.4) is 0 Å². The van der Waals surface area contributed by atoms with Gasteiger partial charge in [0.05, 0.1) is 7.11 Å². The van der Waals surface area contributed by atoms with E-state index in [-0.39, 0.29) is 6.04 Å². The molecule has 1 aromatic rings. The van der Waals surface area contributed by atoms with E-state index >= 15 is 0 Å². The average Bonchev–Trinajstić information content (AvgIpc) is 2.67. The summed E-state index contributed by atoms with van der Waals surface area (Å²) < 4.78 is 6.45. The van der Waals surface area contributed by atoms with Crippen LogP contribution >= 0.6 is 15.9 Å². The molecule has 2 rings (SSSR count). The van der Waals surface area contributed by atoms with Crippen LogP contribution in [0.1, 0.15) is 18.0 Å². The van der Waals surface area contributed by atoms with Gasteiger partial charge in [0.15, 0.2) is 0 Å². The maximum absolute atomic E-state index is 6.06. The minimum absolute atomic E-state index is 0.242. The number of hydrogen-bond acceptors (Lipinski definition) is 4. The Morgan fingerprint density at radius 3 is 2.80 bits per heavy atom. The molecule has 1 fully saturated rings. The molecule has 0 aliphatic carbocycles. The molecular formula is C15H24BrN3O. The normalized spacial score (nSPS) is 19.6. The van der Waals surface area contributed by atoms with Gasteiger partial charge in [0.2, 0.25) is 0 Å². The number of nitrogens with two attached hydrogens (primary N) is 1. The van der Waals surface area contributed by atoms with Crippen molar-refractivity contribution in [3.63, 3.8) is 0 Å². The molecule has 1 atom stereocenters. The minimum atomic E-state index is 0.242. The van der Waals surface area contributed by atoms with Crippen LogP contribution in [0, 0.1) is 0 Å². The number of methoxy groups -OCH3 is 1. The molecule has 2 N–H and O–H groups in total. The first kappa shape index (κ1) is 15.8. The van der Waals surface area contributed by atoms with E-state index in [0.717, 1.165) is 36.4 Å². The number of benzene rings is 1. The van der Waals surface area contributed by atoms with Crippen LogP contribution in [0.25, 0.3) is 0 Å². The minimum Gasteiger partial charge on any atom is -0.497 e. The highest BCUT2D eigenvalue weighted by molar-refractivity contribution is 9.10. The van der Waals surface area contributed by atoms with E-state index in [4.69, 9.17) is 10.5 Å². The number of likely N-dealkylation sites (N-methyl/N-ethyl adjacent to an activating group) is 1. The van der Waals surface area contributed by atoms with Crippen molar-refractivity contribution in [1.82, 2.24) is 9.80 Å². The standard InChI is InChI=1S/C15H24BrN3O/c1-18-6-3-7-19(9-8-18)15(11-17)13-10-12(20-2)4-5-14(13)16/h4-5,10,15H,3,6-9,11,17H2,1-2H3. The zero-order chi connectivity index (χ0) is 14.5. The zero-order valence-corrected chi connectivity index (χ0v) is 13.9. The molecule has 1 aromatic carbocycles. The summed E-state index contributed by atoms with van der Waals surface area (Å²) in [5, 5.41) is 0. The lowest BCUT2D eigenvalue weighted by Gasteiger charge is -2.30. The van der Waals surface area contributed by atoms with Crippen LogP contribution in [0.4, 0.5) is 0 Å². The van der Waals surface area contributed by atoms with Crippen molar-refractivity contribution in [2.24, 2.45) is 5.73 Å². The predicted molar refractivity (Wildman–Crippen MR) is 86.2 cm³/mol. The quantitative estimate of drug-likeness (QED) is 0.910. The van der Waals surface area contributed by atoms with E-state index in [1.165, 1.54) is 12.0 Å². The Balaban J connectivity index is 2.22. The highest BCUT2D eigenvalue weighted by Gasteiger charge is 2.23. The van der Waals surface area contributed by atoms with Crippen LogP contribution < -0.4 is 10.5 Å². The van der Waals surface area contributed by atoms with Crippen LogP contribution in [0.2, 0.25) is 0 Å². The third-order valence-corrected chi connectivity index (χ3v) is 4.70. The second kappa shape index (κ2) is 7.41. The van der Waals surface area contributed by atoms with Crippen molar-refractivity contribution in [3.05, 3.63) is 28.2 Å². The predicted octanol–water partition coefficient (Wildman–Crippen LogP) is 2.10. The summed E-state index contributed by atoms with van der Waals surface area (Å²) in [4.78, 5) is 4.87. The van der Waals surface area contributed by atoms with Crippen molar-refractivity contribution in [1.29, 1.82) is 0 Å². The van der Waals surface area contributed by atoms with Gasteiger partial charge >= 0.3 is 0 Å². The number of hydrogen-bond donors (Lipinski definition) is 1. The summed E-state index contributed by atoms with van der Waals surface area (Å²) >= 11 is 3.65. The average molecular weight is 342 g/mol. The molecule has 0 radical (unpaired) electrons. The fourth-order valence-electron chi connectivity index (χ4n) is 2.76. The van der Waals surface area contributed by atoms with Crippen molar-refractivity contribution < 1.29 is 4.74 Å². The van der Waals surface area contributed by atoms with E-state index in [9.17, 15) is 0 Å². The van der Waals surface area contributed by atoms with Crippen molar-refractivity contribution in [2.75, 3.05) is 46.9 Å². The van der Waals surface area contributed by atoms with Crippen molar-refractivity contribution >= 4 is 15.9 Å². The zero-order valence-electron chi connectivity index (χ0n) is 12.3. The lowest BCUT2D eigenvalue weighted by molar-refractivity contribution is 0.207. The highest BCUT2D eigenvalue weighted by atomic mass is 79.9. The lowest BCUT2D eigenvalue weighted by Crippen LogP contribution is -2.36. The summed E-state index contributed by atoms with van der Waals surface area (Å²) in [6.45, 7) is 5.03. The highest BCUT2D eigenvalue weighted by Crippen LogP contribution is 2.31. The molecule has 112 valence electrons. The van der Waals surface area contributed by atoms with Gasteiger partial charge in [0.1, 0.15) is 5.75 Å². The maximum atomic E-state index is 6.06. The molecule has 0 aromatic heterocycles. The first-order valence-electron chi connectivity index (χ1n) is 7.11. The van der Waals surface area contributed by atoms with Crippen LogP contribution in [-0.4, -0.2) is 56.7 Å². The Morgan fingerprint density at radius 2 is 2.10 bits per heavy atom. The molecule has 0 bridgehead atoms. The molecule has 1 aliphatic heterocycles. The van der Waals surface area contributed by atoms with Crippen LogP contribution in [-0.2, 0) is 0 Å². The van der Waals surface area contributed by atoms with E-state index in [0.29, 0.717) is 6.54 Å². The molecule has 1 saturated heterocycles.